The molecule has 5 rings (SSSR count). The predicted molar refractivity (Wildman–Crippen MR) is 96.5 cm³/mol. The molecule has 0 saturated carbocycles. The minimum absolute atomic E-state index is 0.0644. The highest BCUT2D eigenvalue weighted by atomic mass is 16.5. The van der Waals surface area contributed by atoms with Gasteiger partial charge in [0, 0.05) is 29.6 Å². The molecule has 2 atom stereocenters. The molecule has 0 bridgehead atoms. The number of H-pyrrole nitrogens is 1. The third-order valence-corrected chi connectivity index (χ3v) is 5.51. The Morgan fingerprint density at radius 1 is 1.12 bits per heavy atom. The quantitative estimate of drug-likeness (QED) is 0.695. The van der Waals surface area contributed by atoms with Gasteiger partial charge in [-0.1, -0.05) is 48.0 Å². The number of fused-ring (bicyclic) bond motifs is 4. The maximum Gasteiger partial charge on any atom is 0.323 e. The van der Waals surface area contributed by atoms with E-state index in [4.69, 9.17) is 4.74 Å². The molecule has 1 aromatic heterocycles. The van der Waals surface area contributed by atoms with Crippen molar-refractivity contribution < 1.29 is 9.53 Å². The number of rotatable bonds is 1. The zero-order valence-electron chi connectivity index (χ0n) is 14.2. The number of ether oxygens (including phenoxy) is 1. The van der Waals surface area contributed by atoms with Crippen LogP contribution in [0.1, 0.15) is 28.4 Å². The summed E-state index contributed by atoms with van der Waals surface area (Å²) in [4.78, 5) is 18.4. The van der Waals surface area contributed by atoms with E-state index in [-0.39, 0.29) is 18.1 Å². The molecule has 0 amide bonds. The molecule has 2 aliphatic heterocycles. The number of cyclic esters (lactones) is 1. The van der Waals surface area contributed by atoms with E-state index in [0.717, 1.165) is 12.1 Å². The molecule has 1 N–H and O–H groups in total. The highest BCUT2D eigenvalue weighted by Gasteiger charge is 2.43. The zero-order valence-corrected chi connectivity index (χ0v) is 14.2. The number of hydrogen-bond acceptors (Lipinski definition) is 3. The second-order valence-electron chi connectivity index (χ2n) is 7.00. The van der Waals surface area contributed by atoms with E-state index >= 15 is 0 Å². The van der Waals surface area contributed by atoms with Crippen LogP contribution in [0.3, 0.4) is 0 Å². The van der Waals surface area contributed by atoms with Crippen LogP contribution >= 0.6 is 0 Å². The summed E-state index contributed by atoms with van der Waals surface area (Å²) in [6.07, 6.45) is 0.709. The Morgan fingerprint density at radius 3 is 2.76 bits per heavy atom. The number of carbonyl (C=O) groups excluding carboxylic acids is 1. The second-order valence-corrected chi connectivity index (χ2v) is 7.00. The Morgan fingerprint density at radius 2 is 1.92 bits per heavy atom. The molecule has 3 heterocycles. The van der Waals surface area contributed by atoms with Gasteiger partial charge in [0.25, 0.3) is 0 Å². The number of aromatic nitrogens is 1. The third-order valence-electron chi connectivity index (χ3n) is 5.51. The highest BCUT2D eigenvalue weighted by molar-refractivity contribution is 5.87. The monoisotopic (exact) mass is 332 g/mol. The van der Waals surface area contributed by atoms with Gasteiger partial charge in [0.15, 0.2) is 0 Å². The molecule has 0 unspecified atom stereocenters. The van der Waals surface area contributed by atoms with Crippen LogP contribution in [0, 0.1) is 6.92 Å². The first-order valence-electron chi connectivity index (χ1n) is 8.81. The van der Waals surface area contributed by atoms with Gasteiger partial charge in [0.1, 0.15) is 12.6 Å². The Bertz CT molecular complexity index is 958. The van der Waals surface area contributed by atoms with E-state index in [9.17, 15) is 4.79 Å². The van der Waals surface area contributed by atoms with Crippen LogP contribution in [-0.2, 0) is 16.0 Å². The van der Waals surface area contributed by atoms with Crippen molar-refractivity contribution in [1.82, 2.24) is 9.88 Å². The molecule has 0 radical (unpaired) electrons. The molecular formula is C21H20N2O2. The number of aromatic amines is 1. The second kappa shape index (κ2) is 5.46. The first-order valence-corrected chi connectivity index (χ1v) is 8.81. The summed E-state index contributed by atoms with van der Waals surface area (Å²) in [6, 6.07) is 16.9. The van der Waals surface area contributed by atoms with Gasteiger partial charge in [0.05, 0.1) is 6.04 Å². The van der Waals surface area contributed by atoms with Gasteiger partial charge in [-0.25, -0.2) is 0 Å². The van der Waals surface area contributed by atoms with Gasteiger partial charge >= 0.3 is 5.97 Å². The van der Waals surface area contributed by atoms with Crippen LogP contribution < -0.4 is 0 Å². The lowest BCUT2D eigenvalue weighted by atomic mass is 9.87. The number of carbonyl (C=O) groups is 1. The molecule has 126 valence electrons. The van der Waals surface area contributed by atoms with Crippen LogP contribution in [0.4, 0.5) is 0 Å². The van der Waals surface area contributed by atoms with E-state index in [1.165, 1.54) is 27.8 Å². The van der Waals surface area contributed by atoms with Crippen molar-refractivity contribution in [3.8, 4) is 0 Å². The average Bonchev–Trinajstić information content (AvgIpc) is 3.00. The fraction of sp³-hybridized carbons (Fsp3) is 0.286. The van der Waals surface area contributed by atoms with E-state index in [2.05, 4.69) is 59.3 Å². The summed E-state index contributed by atoms with van der Waals surface area (Å²) < 4.78 is 5.36. The summed E-state index contributed by atoms with van der Waals surface area (Å²) in [5, 5.41) is 1.22. The van der Waals surface area contributed by atoms with Crippen molar-refractivity contribution in [2.75, 3.05) is 13.2 Å². The van der Waals surface area contributed by atoms with Gasteiger partial charge in [-0.05, 0) is 24.1 Å². The molecule has 1 saturated heterocycles. The number of esters is 1. The van der Waals surface area contributed by atoms with Crippen LogP contribution in [-0.4, -0.2) is 35.0 Å². The fourth-order valence-corrected chi connectivity index (χ4v) is 4.29. The maximum atomic E-state index is 12.5. The maximum absolute atomic E-state index is 12.5. The minimum Gasteiger partial charge on any atom is -0.463 e. The lowest BCUT2D eigenvalue weighted by molar-refractivity contribution is -0.159. The summed E-state index contributed by atoms with van der Waals surface area (Å²) in [5.41, 5.74) is 6.07. The number of hydrogen-bond donors (Lipinski definition) is 1. The van der Waals surface area contributed by atoms with Gasteiger partial charge in [-0.3, -0.25) is 9.69 Å². The lowest BCUT2D eigenvalue weighted by Gasteiger charge is -2.43. The van der Waals surface area contributed by atoms with Crippen LogP contribution in [0.5, 0.6) is 0 Å². The Balaban J connectivity index is 1.74. The van der Waals surface area contributed by atoms with Gasteiger partial charge in [-0.15, -0.1) is 0 Å². The van der Waals surface area contributed by atoms with Gasteiger partial charge in [-0.2, -0.15) is 0 Å². The Labute approximate surface area is 146 Å². The van der Waals surface area contributed by atoms with E-state index < -0.39 is 0 Å². The first kappa shape index (κ1) is 14.7. The van der Waals surface area contributed by atoms with Crippen molar-refractivity contribution in [1.29, 1.82) is 0 Å². The van der Waals surface area contributed by atoms with E-state index in [1.807, 2.05) is 6.07 Å². The summed E-state index contributed by atoms with van der Waals surface area (Å²) >= 11 is 0. The largest absolute Gasteiger partial charge is 0.463 e. The number of nitrogens with one attached hydrogen (secondary N) is 1. The smallest absolute Gasteiger partial charge is 0.323 e. The SMILES string of the molecule is Cc1ccc([C@@H]2c3[nH]c4ccccc4c3C[C@@H]3C(=O)OCCN23)cc1. The fourth-order valence-electron chi connectivity index (χ4n) is 4.29. The molecule has 4 heteroatoms. The Hall–Kier alpha value is -2.59. The number of para-hydroxylation sites is 1. The summed E-state index contributed by atoms with van der Waals surface area (Å²) in [7, 11) is 0. The summed E-state index contributed by atoms with van der Waals surface area (Å²) in [5.74, 6) is -0.0979. The molecular weight excluding hydrogens is 312 g/mol. The van der Waals surface area contributed by atoms with Crippen LogP contribution in [0.15, 0.2) is 48.5 Å². The summed E-state index contributed by atoms with van der Waals surface area (Å²) in [6.45, 7) is 3.33. The standard InChI is InChI=1S/C21H20N2O2/c1-13-6-8-14(9-7-13)20-19-16(15-4-2-3-5-17(15)22-19)12-18-21(24)25-11-10-23(18)20/h2-9,18,20,22H,10-12H2,1H3/t18-,20-/m1/s1. The van der Waals surface area contributed by atoms with Crippen LogP contribution in [0.25, 0.3) is 10.9 Å². The molecule has 0 aliphatic carbocycles. The number of nitrogens with zero attached hydrogens (tertiary/aromatic N) is 1. The predicted octanol–water partition coefficient (Wildman–Crippen LogP) is 3.35. The van der Waals surface area contributed by atoms with Crippen molar-refractivity contribution in [3.05, 3.63) is 70.9 Å². The number of benzene rings is 2. The lowest BCUT2D eigenvalue weighted by Crippen LogP contribution is -2.54. The zero-order chi connectivity index (χ0) is 17.0. The number of aryl methyl sites for hydroxylation is 1. The Kier molecular flexibility index (Phi) is 3.22. The third kappa shape index (κ3) is 2.21. The molecule has 3 aromatic rings. The van der Waals surface area contributed by atoms with Gasteiger partial charge < -0.3 is 9.72 Å². The number of morpholine rings is 1. The van der Waals surface area contributed by atoms with Crippen molar-refractivity contribution >= 4 is 16.9 Å². The van der Waals surface area contributed by atoms with Crippen molar-refractivity contribution in [2.45, 2.75) is 25.4 Å². The molecule has 1 fully saturated rings. The molecule has 25 heavy (non-hydrogen) atoms. The van der Waals surface area contributed by atoms with Gasteiger partial charge in [0.2, 0.25) is 0 Å². The molecule has 0 spiro atoms. The molecule has 4 nitrogen and oxygen atoms in total. The van der Waals surface area contributed by atoms with Crippen molar-refractivity contribution in [3.63, 3.8) is 0 Å². The van der Waals surface area contributed by atoms with Crippen LogP contribution in [0.2, 0.25) is 0 Å². The normalized spacial score (nSPS) is 23.2. The minimum atomic E-state index is -0.202. The first-order chi connectivity index (χ1) is 12.2. The highest BCUT2D eigenvalue weighted by Crippen LogP contribution is 2.41. The average molecular weight is 332 g/mol. The van der Waals surface area contributed by atoms with E-state index in [0.29, 0.717) is 13.0 Å². The molecule has 2 aliphatic rings. The topological polar surface area (TPSA) is 45.3 Å². The van der Waals surface area contributed by atoms with Crippen molar-refractivity contribution in [2.24, 2.45) is 0 Å². The van der Waals surface area contributed by atoms with E-state index in [1.54, 1.807) is 0 Å². The molecule has 2 aromatic carbocycles.